The van der Waals surface area contributed by atoms with Crippen molar-refractivity contribution >= 4 is 11.5 Å². The average Bonchev–Trinajstić information content (AvgIpc) is 3.66. The van der Waals surface area contributed by atoms with Gasteiger partial charge in [-0.15, -0.1) is 0 Å². The van der Waals surface area contributed by atoms with Gasteiger partial charge in [0.2, 0.25) is 0 Å². The van der Waals surface area contributed by atoms with Gasteiger partial charge in [-0.05, 0) is 85.5 Å². The summed E-state index contributed by atoms with van der Waals surface area (Å²) in [5.41, 5.74) is 16.7. The second kappa shape index (κ2) is 10.9. The van der Waals surface area contributed by atoms with Crippen molar-refractivity contribution in [1.82, 2.24) is 10.3 Å². The lowest BCUT2D eigenvalue weighted by Gasteiger charge is -2.31. The summed E-state index contributed by atoms with van der Waals surface area (Å²) in [6.45, 7) is 0. The maximum absolute atomic E-state index is 5.38. The predicted molar refractivity (Wildman–Crippen MR) is 199 cm³/mol. The quantitative estimate of drug-likeness (QED) is 0.211. The molecule has 6 aromatic carbocycles. The van der Waals surface area contributed by atoms with Crippen molar-refractivity contribution < 1.29 is 0 Å². The topological polar surface area (TPSA) is 37.3 Å². The molecule has 1 aromatic heterocycles. The molecule has 1 spiro atoms. The Morgan fingerprint density at radius 3 is 1.76 bits per heavy atom. The van der Waals surface area contributed by atoms with E-state index >= 15 is 0 Å². The summed E-state index contributed by atoms with van der Waals surface area (Å²) in [4.78, 5) is 9.74. The second-order valence-electron chi connectivity index (χ2n) is 13.0. The van der Waals surface area contributed by atoms with Crippen LogP contribution in [0.2, 0.25) is 0 Å². The van der Waals surface area contributed by atoms with E-state index in [0.29, 0.717) is 0 Å². The van der Waals surface area contributed by atoms with Gasteiger partial charge in [-0.3, -0.25) is 9.98 Å². The highest BCUT2D eigenvalue weighted by molar-refractivity contribution is 6.06. The van der Waals surface area contributed by atoms with Crippen molar-refractivity contribution in [2.75, 3.05) is 0 Å². The molecule has 0 radical (unpaired) electrons. The number of benzene rings is 6. The van der Waals surface area contributed by atoms with Crippen molar-refractivity contribution in [1.29, 1.82) is 0 Å². The fourth-order valence-electron chi connectivity index (χ4n) is 8.31. The van der Waals surface area contributed by atoms with Crippen LogP contribution in [0.4, 0.5) is 0 Å². The molecule has 3 heteroatoms. The van der Waals surface area contributed by atoms with Gasteiger partial charge in [0, 0.05) is 29.2 Å². The second-order valence-corrected chi connectivity index (χ2v) is 13.0. The SMILES string of the molecule is C1=C(c2cccc(-c3cccnc3)c2)NC(c2ccc3c(c2)C2(c4ccccc4-c4ccccc42)c2ccccc2-3)=NC1c1ccccc1. The monoisotopic (exact) mass is 625 g/mol. The molecule has 2 aliphatic carbocycles. The molecule has 0 saturated heterocycles. The Morgan fingerprint density at radius 1 is 0.469 bits per heavy atom. The summed E-state index contributed by atoms with van der Waals surface area (Å²) in [5.74, 6) is 0.867. The third kappa shape index (κ3) is 4.15. The molecule has 10 rings (SSSR count). The van der Waals surface area contributed by atoms with Gasteiger partial charge in [0.25, 0.3) is 0 Å². The van der Waals surface area contributed by atoms with E-state index < -0.39 is 5.41 Å². The van der Waals surface area contributed by atoms with Crippen molar-refractivity contribution in [2.24, 2.45) is 4.99 Å². The number of fused-ring (bicyclic) bond motifs is 10. The number of aromatic nitrogens is 1. The van der Waals surface area contributed by atoms with Gasteiger partial charge < -0.3 is 5.32 Å². The van der Waals surface area contributed by atoms with Crippen LogP contribution < -0.4 is 5.32 Å². The van der Waals surface area contributed by atoms with Crippen LogP contribution in [0.5, 0.6) is 0 Å². The van der Waals surface area contributed by atoms with Gasteiger partial charge >= 0.3 is 0 Å². The van der Waals surface area contributed by atoms with Crippen LogP contribution in [-0.4, -0.2) is 10.8 Å². The first kappa shape index (κ1) is 27.8. The highest BCUT2D eigenvalue weighted by Crippen LogP contribution is 2.62. The Bertz CT molecular complexity index is 2410. The Kier molecular flexibility index (Phi) is 6.16. The van der Waals surface area contributed by atoms with Crippen LogP contribution in [0.15, 0.2) is 181 Å². The number of hydrogen-bond donors (Lipinski definition) is 1. The van der Waals surface area contributed by atoms with Gasteiger partial charge in [0.05, 0.1) is 11.5 Å². The van der Waals surface area contributed by atoms with Crippen molar-refractivity contribution in [3.8, 4) is 33.4 Å². The lowest BCUT2D eigenvalue weighted by atomic mass is 9.70. The van der Waals surface area contributed by atoms with E-state index in [-0.39, 0.29) is 6.04 Å². The molecule has 0 fully saturated rings. The third-order valence-electron chi connectivity index (χ3n) is 10.4. The van der Waals surface area contributed by atoms with Gasteiger partial charge in [0.15, 0.2) is 0 Å². The molecular weight excluding hydrogens is 595 g/mol. The molecule has 49 heavy (non-hydrogen) atoms. The Morgan fingerprint density at radius 2 is 1.08 bits per heavy atom. The normalized spacial score (nSPS) is 16.1. The van der Waals surface area contributed by atoms with Crippen LogP contribution in [0.3, 0.4) is 0 Å². The summed E-state index contributed by atoms with van der Waals surface area (Å²) in [6.07, 6.45) is 5.97. The zero-order valence-electron chi connectivity index (χ0n) is 26.7. The molecule has 0 bridgehead atoms. The zero-order valence-corrected chi connectivity index (χ0v) is 26.7. The molecule has 1 aliphatic heterocycles. The molecule has 7 aromatic rings. The lowest BCUT2D eigenvalue weighted by molar-refractivity contribution is 0.793. The standard InChI is InChI=1S/C46H31N3/c1-2-12-30(13-3-1)43-28-44(32-15-10-14-31(26-32)34-16-11-25-47-29-34)49-45(48-43)33-23-24-38-37-19-6-9-22-41(37)46(42(38)27-33)39-20-7-4-17-35(39)36-18-5-8-21-40(36)46/h1-29,43H,(H,48,49). The molecular formula is C46H31N3. The van der Waals surface area contributed by atoms with Gasteiger partial charge in [-0.25, -0.2) is 0 Å². The number of amidine groups is 1. The Balaban J connectivity index is 1.15. The van der Waals surface area contributed by atoms with E-state index in [0.717, 1.165) is 39.3 Å². The maximum atomic E-state index is 5.38. The molecule has 0 saturated carbocycles. The first-order valence-corrected chi connectivity index (χ1v) is 16.9. The fourth-order valence-corrected chi connectivity index (χ4v) is 8.31. The molecule has 230 valence electrons. The Labute approximate surface area is 286 Å². The summed E-state index contributed by atoms with van der Waals surface area (Å²) < 4.78 is 0. The molecule has 1 N–H and O–H groups in total. The van der Waals surface area contributed by atoms with Crippen LogP contribution >= 0.6 is 0 Å². The number of nitrogens with one attached hydrogen (secondary N) is 1. The van der Waals surface area contributed by atoms with Crippen LogP contribution in [0.1, 0.15) is 45.0 Å². The first-order chi connectivity index (χ1) is 24.3. The van der Waals surface area contributed by atoms with E-state index in [1.54, 1.807) is 0 Å². The molecule has 2 heterocycles. The van der Waals surface area contributed by atoms with E-state index in [1.165, 1.54) is 44.5 Å². The lowest BCUT2D eigenvalue weighted by Crippen LogP contribution is -2.29. The summed E-state index contributed by atoms with van der Waals surface area (Å²) in [6, 6.07) is 57.0. The minimum atomic E-state index is -0.403. The molecule has 1 unspecified atom stereocenters. The molecule has 3 nitrogen and oxygen atoms in total. The van der Waals surface area contributed by atoms with Crippen LogP contribution in [0.25, 0.3) is 39.1 Å². The van der Waals surface area contributed by atoms with Crippen LogP contribution in [-0.2, 0) is 5.41 Å². The molecule has 3 aliphatic rings. The van der Waals surface area contributed by atoms with Gasteiger partial charge in [0.1, 0.15) is 5.84 Å². The van der Waals surface area contributed by atoms with Gasteiger partial charge in [-0.1, -0.05) is 140 Å². The Hall–Kier alpha value is -6.32. The third-order valence-corrected chi connectivity index (χ3v) is 10.4. The van der Waals surface area contributed by atoms with E-state index in [1.807, 2.05) is 18.5 Å². The number of aliphatic imine (C=N–C) groups is 1. The smallest absolute Gasteiger partial charge is 0.133 e. The average molecular weight is 626 g/mol. The summed E-state index contributed by atoms with van der Waals surface area (Å²) >= 11 is 0. The number of nitrogens with zero attached hydrogens (tertiary/aromatic N) is 2. The summed E-state index contributed by atoms with van der Waals surface area (Å²) in [7, 11) is 0. The first-order valence-electron chi connectivity index (χ1n) is 16.9. The largest absolute Gasteiger partial charge is 0.340 e. The number of hydrogen-bond acceptors (Lipinski definition) is 3. The van der Waals surface area contributed by atoms with Gasteiger partial charge in [-0.2, -0.15) is 0 Å². The zero-order chi connectivity index (χ0) is 32.4. The highest BCUT2D eigenvalue weighted by Gasteiger charge is 2.51. The molecule has 1 atom stereocenters. The van der Waals surface area contributed by atoms with Crippen molar-refractivity contribution in [3.05, 3.63) is 215 Å². The van der Waals surface area contributed by atoms with Crippen molar-refractivity contribution in [3.63, 3.8) is 0 Å². The molecule has 0 amide bonds. The van der Waals surface area contributed by atoms with E-state index in [4.69, 9.17) is 4.99 Å². The number of rotatable bonds is 4. The van der Waals surface area contributed by atoms with Crippen molar-refractivity contribution in [2.45, 2.75) is 11.5 Å². The maximum Gasteiger partial charge on any atom is 0.133 e. The minimum Gasteiger partial charge on any atom is -0.340 e. The van der Waals surface area contributed by atoms with Crippen LogP contribution in [0, 0.1) is 0 Å². The number of pyridine rings is 1. The van der Waals surface area contributed by atoms with E-state index in [2.05, 4.69) is 168 Å². The summed E-state index contributed by atoms with van der Waals surface area (Å²) in [5, 5.41) is 3.79. The minimum absolute atomic E-state index is 0.137. The predicted octanol–water partition coefficient (Wildman–Crippen LogP) is 10.2. The highest BCUT2D eigenvalue weighted by atomic mass is 15.0. The van der Waals surface area contributed by atoms with E-state index in [9.17, 15) is 0 Å². The fraction of sp³-hybridized carbons (Fsp3) is 0.0435.